The first-order chi connectivity index (χ1) is 14.5. The minimum absolute atomic E-state index is 0.118. The summed E-state index contributed by atoms with van der Waals surface area (Å²) in [6.07, 6.45) is 0.583. The molecule has 1 aliphatic heterocycles. The highest BCUT2D eigenvalue weighted by Gasteiger charge is 2.32. The van der Waals surface area contributed by atoms with Crippen LogP contribution >= 0.6 is 0 Å². The molecule has 1 aliphatic rings. The lowest BCUT2D eigenvalue weighted by molar-refractivity contribution is -0.130. The van der Waals surface area contributed by atoms with E-state index in [9.17, 15) is 9.59 Å². The molecule has 30 heavy (non-hydrogen) atoms. The first kappa shape index (κ1) is 19.6. The Hall–Kier alpha value is -3.67. The van der Waals surface area contributed by atoms with Crippen molar-refractivity contribution in [1.29, 1.82) is 0 Å². The van der Waals surface area contributed by atoms with Gasteiger partial charge >= 0.3 is 0 Å². The molecule has 1 heterocycles. The molecular formula is C24H23N3O3. The van der Waals surface area contributed by atoms with Crippen LogP contribution < -0.4 is 10.1 Å². The molecule has 6 heteroatoms. The summed E-state index contributed by atoms with van der Waals surface area (Å²) in [7, 11) is 1.65. The van der Waals surface area contributed by atoms with E-state index in [4.69, 9.17) is 4.74 Å². The number of fused-ring (bicyclic) bond motifs is 1. The minimum Gasteiger partial charge on any atom is -0.496 e. The number of rotatable bonds is 4. The fourth-order valence-electron chi connectivity index (χ4n) is 3.96. The number of nitrogens with one attached hydrogen (secondary N) is 1. The summed E-state index contributed by atoms with van der Waals surface area (Å²) in [6, 6.07) is 19.3. The van der Waals surface area contributed by atoms with Crippen LogP contribution in [0.5, 0.6) is 5.75 Å². The highest BCUT2D eigenvalue weighted by Crippen LogP contribution is 2.39. The van der Waals surface area contributed by atoms with E-state index in [0.29, 0.717) is 12.1 Å². The Morgan fingerprint density at radius 3 is 2.50 bits per heavy atom. The summed E-state index contributed by atoms with van der Waals surface area (Å²) < 4.78 is 5.51. The molecule has 2 amide bonds. The van der Waals surface area contributed by atoms with Crippen molar-refractivity contribution in [1.82, 2.24) is 5.01 Å². The third kappa shape index (κ3) is 3.64. The molecule has 1 N–H and O–H groups in total. The van der Waals surface area contributed by atoms with Crippen LogP contribution in [-0.2, 0) is 9.59 Å². The monoisotopic (exact) mass is 401 g/mol. The Bertz CT molecular complexity index is 1170. The van der Waals surface area contributed by atoms with E-state index in [1.165, 1.54) is 13.8 Å². The van der Waals surface area contributed by atoms with Gasteiger partial charge in [0.1, 0.15) is 5.75 Å². The molecule has 0 aliphatic carbocycles. The number of amides is 2. The van der Waals surface area contributed by atoms with Gasteiger partial charge in [0.2, 0.25) is 11.8 Å². The first-order valence-corrected chi connectivity index (χ1v) is 9.79. The number of benzene rings is 3. The van der Waals surface area contributed by atoms with Crippen molar-refractivity contribution in [3.8, 4) is 5.75 Å². The van der Waals surface area contributed by atoms with E-state index in [2.05, 4.69) is 10.4 Å². The Kier molecular flexibility index (Phi) is 5.23. The predicted molar refractivity (Wildman–Crippen MR) is 118 cm³/mol. The summed E-state index contributed by atoms with van der Waals surface area (Å²) >= 11 is 0. The fraction of sp³-hybridized carbons (Fsp3) is 0.208. The van der Waals surface area contributed by atoms with E-state index >= 15 is 0 Å². The number of nitrogens with zero attached hydrogens (tertiary/aromatic N) is 2. The summed E-state index contributed by atoms with van der Waals surface area (Å²) in [5, 5.41) is 11.0. The second kappa shape index (κ2) is 7.99. The van der Waals surface area contributed by atoms with Crippen molar-refractivity contribution in [3.63, 3.8) is 0 Å². The Labute approximate surface area is 175 Å². The van der Waals surface area contributed by atoms with Crippen molar-refractivity contribution >= 4 is 34.0 Å². The van der Waals surface area contributed by atoms with Crippen molar-refractivity contribution in [3.05, 3.63) is 71.8 Å². The Balaban J connectivity index is 1.75. The SMILES string of the molecule is COc1ccc(C2CC(c3cccc(NC(C)=O)c3)=NN2C(C)=O)c2ccccc12. The lowest BCUT2D eigenvalue weighted by atomic mass is 9.93. The van der Waals surface area contributed by atoms with Gasteiger partial charge in [-0.15, -0.1) is 0 Å². The van der Waals surface area contributed by atoms with Crippen LogP contribution in [0, 0.1) is 0 Å². The van der Waals surface area contributed by atoms with Gasteiger partial charge in [-0.1, -0.05) is 42.5 Å². The normalized spacial score (nSPS) is 15.8. The molecule has 0 saturated carbocycles. The molecule has 0 saturated heterocycles. The molecular weight excluding hydrogens is 378 g/mol. The first-order valence-electron chi connectivity index (χ1n) is 9.79. The average molecular weight is 401 g/mol. The molecule has 0 spiro atoms. The summed E-state index contributed by atoms with van der Waals surface area (Å²) in [5.41, 5.74) is 3.42. The molecule has 0 fully saturated rings. The maximum atomic E-state index is 12.4. The van der Waals surface area contributed by atoms with E-state index in [1.807, 2.05) is 60.7 Å². The number of hydrogen-bond donors (Lipinski definition) is 1. The zero-order valence-electron chi connectivity index (χ0n) is 17.2. The van der Waals surface area contributed by atoms with Gasteiger partial charge in [-0.25, -0.2) is 5.01 Å². The van der Waals surface area contributed by atoms with Gasteiger partial charge in [0, 0.05) is 31.3 Å². The Morgan fingerprint density at radius 2 is 1.80 bits per heavy atom. The number of hydrogen-bond acceptors (Lipinski definition) is 4. The highest BCUT2D eigenvalue weighted by molar-refractivity contribution is 6.05. The lowest BCUT2D eigenvalue weighted by Gasteiger charge is -2.22. The topological polar surface area (TPSA) is 71.0 Å². The summed E-state index contributed by atoms with van der Waals surface area (Å²) in [5.74, 6) is 0.548. The number of methoxy groups -OCH3 is 1. The van der Waals surface area contributed by atoms with Crippen LogP contribution in [-0.4, -0.2) is 29.6 Å². The molecule has 0 bridgehead atoms. The van der Waals surface area contributed by atoms with Gasteiger partial charge < -0.3 is 10.1 Å². The number of carbonyl (C=O) groups excluding carboxylic acids is 2. The quantitative estimate of drug-likeness (QED) is 0.699. The second-order valence-electron chi connectivity index (χ2n) is 7.29. The molecule has 152 valence electrons. The molecule has 6 nitrogen and oxygen atoms in total. The molecule has 4 rings (SSSR count). The van der Waals surface area contributed by atoms with Crippen molar-refractivity contribution in [2.24, 2.45) is 5.10 Å². The lowest BCUT2D eigenvalue weighted by Crippen LogP contribution is -2.24. The number of anilines is 1. The standard InChI is InChI=1S/C24H23N3O3/c1-15(28)25-18-8-6-7-17(13-18)22-14-23(27(26-22)16(2)29)20-11-12-24(30-3)21-10-5-4-9-19(20)21/h4-13,23H,14H2,1-3H3,(H,25,28). The molecule has 3 aromatic carbocycles. The second-order valence-corrected chi connectivity index (χ2v) is 7.29. The van der Waals surface area contributed by atoms with Crippen molar-refractivity contribution < 1.29 is 14.3 Å². The predicted octanol–water partition coefficient (Wildman–Crippen LogP) is 4.50. The summed E-state index contributed by atoms with van der Waals surface area (Å²) in [6.45, 7) is 3.00. The molecule has 1 atom stereocenters. The van der Waals surface area contributed by atoms with E-state index < -0.39 is 0 Å². The van der Waals surface area contributed by atoms with Gasteiger partial charge in [-0.2, -0.15) is 5.10 Å². The maximum absolute atomic E-state index is 12.4. The van der Waals surface area contributed by atoms with E-state index in [0.717, 1.165) is 33.4 Å². The number of carbonyl (C=O) groups is 2. The van der Waals surface area contributed by atoms with Crippen molar-refractivity contribution in [2.75, 3.05) is 12.4 Å². The smallest absolute Gasteiger partial charge is 0.240 e. The largest absolute Gasteiger partial charge is 0.496 e. The minimum atomic E-state index is -0.210. The van der Waals surface area contributed by atoms with Gasteiger partial charge in [0.05, 0.1) is 18.9 Å². The van der Waals surface area contributed by atoms with Crippen LogP contribution in [0.4, 0.5) is 5.69 Å². The zero-order chi connectivity index (χ0) is 21.3. The van der Waals surface area contributed by atoms with Crippen LogP contribution in [0.2, 0.25) is 0 Å². The van der Waals surface area contributed by atoms with Gasteiger partial charge in [0.15, 0.2) is 0 Å². The molecule has 1 unspecified atom stereocenters. The van der Waals surface area contributed by atoms with Gasteiger partial charge in [0.25, 0.3) is 0 Å². The summed E-state index contributed by atoms with van der Waals surface area (Å²) in [4.78, 5) is 23.8. The average Bonchev–Trinajstić information content (AvgIpc) is 3.18. The van der Waals surface area contributed by atoms with Crippen LogP contribution in [0.3, 0.4) is 0 Å². The Morgan fingerprint density at radius 1 is 1.03 bits per heavy atom. The molecule has 0 aromatic heterocycles. The van der Waals surface area contributed by atoms with E-state index in [-0.39, 0.29) is 17.9 Å². The number of ether oxygens (including phenoxy) is 1. The maximum Gasteiger partial charge on any atom is 0.240 e. The molecule has 3 aromatic rings. The third-order valence-electron chi connectivity index (χ3n) is 5.25. The zero-order valence-corrected chi connectivity index (χ0v) is 17.2. The third-order valence-corrected chi connectivity index (χ3v) is 5.25. The highest BCUT2D eigenvalue weighted by atomic mass is 16.5. The van der Waals surface area contributed by atoms with Crippen LogP contribution in [0.25, 0.3) is 10.8 Å². The van der Waals surface area contributed by atoms with Crippen LogP contribution in [0.1, 0.15) is 37.4 Å². The molecule has 0 radical (unpaired) electrons. The van der Waals surface area contributed by atoms with Crippen LogP contribution in [0.15, 0.2) is 65.8 Å². The van der Waals surface area contributed by atoms with E-state index in [1.54, 1.807) is 12.1 Å². The fourth-order valence-corrected chi connectivity index (χ4v) is 3.96. The van der Waals surface area contributed by atoms with Crippen molar-refractivity contribution in [2.45, 2.75) is 26.3 Å². The van der Waals surface area contributed by atoms with Gasteiger partial charge in [-0.3, -0.25) is 9.59 Å². The van der Waals surface area contributed by atoms with Gasteiger partial charge in [-0.05, 0) is 34.7 Å². The number of hydrazone groups is 1.